The minimum atomic E-state index is -0.773. The van der Waals surface area contributed by atoms with Crippen LogP contribution in [0.1, 0.15) is 37.7 Å². The van der Waals surface area contributed by atoms with Gasteiger partial charge in [0, 0.05) is 35.9 Å². The third kappa shape index (κ3) is 4.97. The molecule has 2 heterocycles. The van der Waals surface area contributed by atoms with Gasteiger partial charge in [0.15, 0.2) is 0 Å². The van der Waals surface area contributed by atoms with Crippen molar-refractivity contribution in [3.63, 3.8) is 0 Å². The van der Waals surface area contributed by atoms with Gasteiger partial charge in [-0.25, -0.2) is 4.39 Å². The van der Waals surface area contributed by atoms with Crippen molar-refractivity contribution in [3.05, 3.63) is 48.0 Å². The molecule has 1 aliphatic carbocycles. The number of alkyl halides is 1. The second kappa shape index (κ2) is 9.74. The van der Waals surface area contributed by atoms with E-state index in [4.69, 9.17) is 4.52 Å². The molecule has 2 atom stereocenters. The van der Waals surface area contributed by atoms with Crippen LogP contribution in [0.25, 0.3) is 22.8 Å². The second-order valence-electron chi connectivity index (χ2n) is 9.20. The third-order valence-corrected chi connectivity index (χ3v) is 6.85. The highest BCUT2D eigenvalue weighted by Crippen LogP contribution is 2.31. The molecule has 1 saturated heterocycles. The zero-order valence-corrected chi connectivity index (χ0v) is 19.2. The Balaban J connectivity index is 1.27. The molecule has 0 radical (unpaired) electrons. The summed E-state index contributed by atoms with van der Waals surface area (Å²) in [5.41, 5.74) is 3.64. The Labute approximate surface area is 202 Å². The van der Waals surface area contributed by atoms with Gasteiger partial charge in [0.25, 0.3) is 5.89 Å². The molecule has 2 aromatic carbocycles. The van der Waals surface area contributed by atoms with Crippen molar-refractivity contribution in [2.75, 3.05) is 23.3 Å². The lowest BCUT2D eigenvalue weighted by atomic mass is 10.0. The van der Waals surface area contributed by atoms with Gasteiger partial charge in [0.2, 0.25) is 5.82 Å². The van der Waals surface area contributed by atoms with Gasteiger partial charge in [-0.2, -0.15) is 10.2 Å². The van der Waals surface area contributed by atoms with Crippen LogP contribution >= 0.6 is 0 Å². The number of hydrogen-bond donors (Lipinski definition) is 2. The molecule has 0 unspecified atom stereocenters. The Morgan fingerprint density at radius 1 is 1.11 bits per heavy atom. The Hall–Kier alpha value is -3.93. The van der Waals surface area contributed by atoms with E-state index < -0.39 is 12.1 Å². The maximum atomic E-state index is 13.5. The number of carboxylic acids is 1. The summed E-state index contributed by atoms with van der Waals surface area (Å²) in [5, 5.41) is 26.3. The highest BCUT2D eigenvalue weighted by atomic mass is 19.1. The molecule has 35 heavy (non-hydrogen) atoms. The van der Waals surface area contributed by atoms with Crippen molar-refractivity contribution in [1.82, 2.24) is 10.1 Å². The van der Waals surface area contributed by atoms with Crippen LogP contribution in [0.4, 0.5) is 15.8 Å². The van der Waals surface area contributed by atoms with E-state index in [0.29, 0.717) is 61.6 Å². The first-order valence-electron chi connectivity index (χ1n) is 11.9. The normalized spacial score (nSPS) is 20.5. The predicted octanol–water partition coefficient (Wildman–Crippen LogP) is 4.88. The number of benzene rings is 2. The number of carbonyl (C=O) groups is 1. The Morgan fingerprint density at radius 3 is 2.54 bits per heavy atom. The second-order valence-corrected chi connectivity index (χ2v) is 9.20. The number of nitriles is 1. The molecule has 2 aliphatic rings. The van der Waals surface area contributed by atoms with Crippen molar-refractivity contribution in [2.24, 2.45) is 5.92 Å². The van der Waals surface area contributed by atoms with Gasteiger partial charge >= 0.3 is 5.97 Å². The SMILES string of the molecule is N#Cc1cc(-c2nc(-c3ccc(N[C@@H]4CC[C@H](C(=O)O)C4)cc3)no2)ccc1N1CCC(F)CC1. The summed E-state index contributed by atoms with van der Waals surface area (Å²) < 4.78 is 19.0. The van der Waals surface area contributed by atoms with Crippen LogP contribution in [0.2, 0.25) is 0 Å². The van der Waals surface area contributed by atoms with Gasteiger partial charge in [-0.1, -0.05) is 5.16 Å². The first-order valence-corrected chi connectivity index (χ1v) is 11.9. The van der Waals surface area contributed by atoms with Gasteiger partial charge in [0.05, 0.1) is 17.2 Å². The number of hydrogen-bond acceptors (Lipinski definition) is 7. The molecule has 0 spiro atoms. The van der Waals surface area contributed by atoms with Gasteiger partial charge in [-0.3, -0.25) is 4.79 Å². The highest BCUT2D eigenvalue weighted by Gasteiger charge is 2.29. The molecule has 5 rings (SSSR count). The third-order valence-electron chi connectivity index (χ3n) is 6.85. The minimum absolute atomic E-state index is 0.152. The number of aliphatic carboxylic acids is 1. The van der Waals surface area contributed by atoms with E-state index >= 15 is 0 Å². The fourth-order valence-electron chi connectivity index (χ4n) is 4.87. The number of rotatable bonds is 6. The molecular weight excluding hydrogens is 449 g/mol. The van der Waals surface area contributed by atoms with E-state index in [0.717, 1.165) is 23.4 Å². The van der Waals surface area contributed by atoms with Crippen molar-refractivity contribution < 1.29 is 18.8 Å². The predicted molar refractivity (Wildman–Crippen MR) is 129 cm³/mol. The fraction of sp³-hybridized carbons (Fsp3) is 0.385. The molecule has 2 N–H and O–H groups in total. The average molecular weight is 476 g/mol. The summed E-state index contributed by atoms with van der Waals surface area (Å²) in [7, 11) is 0. The van der Waals surface area contributed by atoms with Crippen LogP contribution in [0.15, 0.2) is 47.0 Å². The van der Waals surface area contributed by atoms with Gasteiger partial charge < -0.3 is 19.8 Å². The number of carboxylic acid groups (broad SMARTS) is 1. The quantitative estimate of drug-likeness (QED) is 0.518. The standard InChI is InChI=1S/C26H26FN5O3/c27-20-9-11-32(12-10-20)23-8-4-17(13-19(23)15-28)25-30-24(31-35-25)16-1-5-21(6-2-16)29-22-7-3-18(14-22)26(33)34/h1-2,4-6,8,13,18,20,22,29H,3,7,9-12,14H2,(H,33,34)/t18-,22+/m0/s1. The number of piperidine rings is 1. The maximum absolute atomic E-state index is 13.5. The van der Waals surface area contributed by atoms with E-state index in [1.54, 1.807) is 6.07 Å². The number of nitrogens with zero attached hydrogens (tertiary/aromatic N) is 4. The van der Waals surface area contributed by atoms with Crippen LogP contribution < -0.4 is 10.2 Å². The zero-order valence-electron chi connectivity index (χ0n) is 19.2. The Bertz CT molecular complexity index is 1240. The summed E-state index contributed by atoms with van der Waals surface area (Å²) in [5.74, 6) is -0.248. The molecule has 0 amide bonds. The smallest absolute Gasteiger partial charge is 0.306 e. The first kappa shape index (κ1) is 22.8. The molecule has 1 saturated carbocycles. The fourth-order valence-corrected chi connectivity index (χ4v) is 4.87. The number of nitrogens with one attached hydrogen (secondary N) is 1. The van der Waals surface area contributed by atoms with E-state index in [1.165, 1.54) is 0 Å². The highest BCUT2D eigenvalue weighted by molar-refractivity contribution is 5.71. The topological polar surface area (TPSA) is 115 Å². The molecule has 8 nitrogen and oxygen atoms in total. The van der Waals surface area contributed by atoms with Crippen molar-refractivity contribution >= 4 is 17.3 Å². The largest absolute Gasteiger partial charge is 0.481 e. The van der Waals surface area contributed by atoms with Gasteiger partial charge in [0.1, 0.15) is 12.2 Å². The van der Waals surface area contributed by atoms with Crippen LogP contribution in [-0.4, -0.2) is 46.5 Å². The lowest BCUT2D eigenvalue weighted by Crippen LogP contribution is -2.34. The summed E-state index contributed by atoms with van der Waals surface area (Å²) >= 11 is 0. The van der Waals surface area contributed by atoms with Crippen LogP contribution in [0.5, 0.6) is 0 Å². The van der Waals surface area contributed by atoms with Crippen LogP contribution in [-0.2, 0) is 4.79 Å². The Kier molecular flexibility index (Phi) is 6.36. The van der Waals surface area contributed by atoms with Crippen molar-refractivity contribution in [3.8, 4) is 28.9 Å². The lowest BCUT2D eigenvalue weighted by Gasteiger charge is -2.31. The van der Waals surface area contributed by atoms with Crippen molar-refractivity contribution in [1.29, 1.82) is 5.26 Å². The number of halogens is 1. The van der Waals surface area contributed by atoms with Crippen LogP contribution in [0, 0.1) is 17.2 Å². The summed E-state index contributed by atoms with van der Waals surface area (Å²) in [6, 6.07) is 15.4. The number of anilines is 2. The number of aromatic nitrogens is 2. The van der Waals surface area contributed by atoms with Gasteiger partial charge in [-0.05, 0) is 74.6 Å². The van der Waals surface area contributed by atoms with E-state index in [-0.39, 0.29) is 12.0 Å². The van der Waals surface area contributed by atoms with E-state index in [9.17, 15) is 19.6 Å². The van der Waals surface area contributed by atoms with Crippen molar-refractivity contribution in [2.45, 2.75) is 44.3 Å². The van der Waals surface area contributed by atoms with E-state index in [2.05, 4.69) is 21.5 Å². The maximum Gasteiger partial charge on any atom is 0.306 e. The molecular formula is C26H26FN5O3. The molecule has 3 aromatic rings. The molecule has 0 bridgehead atoms. The molecule has 1 aromatic heterocycles. The lowest BCUT2D eigenvalue weighted by molar-refractivity contribution is -0.141. The summed E-state index contributed by atoms with van der Waals surface area (Å²) in [6.45, 7) is 1.18. The van der Waals surface area contributed by atoms with Gasteiger partial charge in [-0.15, -0.1) is 0 Å². The monoisotopic (exact) mass is 475 g/mol. The molecule has 180 valence electrons. The minimum Gasteiger partial charge on any atom is -0.481 e. The van der Waals surface area contributed by atoms with E-state index in [1.807, 2.05) is 41.3 Å². The van der Waals surface area contributed by atoms with Crippen LogP contribution in [0.3, 0.4) is 0 Å². The first-order chi connectivity index (χ1) is 17.0. The Morgan fingerprint density at radius 2 is 1.86 bits per heavy atom. The molecule has 1 aliphatic heterocycles. The zero-order chi connectivity index (χ0) is 24.4. The molecule has 2 fully saturated rings. The average Bonchev–Trinajstić information content (AvgIpc) is 3.55. The summed E-state index contributed by atoms with van der Waals surface area (Å²) in [6.07, 6.45) is 2.33. The molecule has 9 heteroatoms. The summed E-state index contributed by atoms with van der Waals surface area (Å²) in [4.78, 5) is 17.7.